The van der Waals surface area contributed by atoms with Crippen molar-refractivity contribution in [1.82, 2.24) is 4.98 Å². The second-order valence-electron chi connectivity index (χ2n) is 5.69. The number of ether oxygens (including phenoxy) is 1. The summed E-state index contributed by atoms with van der Waals surface area (Å²) in [5, 5.41) is 6.81. The van der Waals surface area contributed by atoms with Crippen LogP contribution in [0.15, 0.2) is 59.0 Å². The van der Waals surface area contributed by atoms with E-state index in [4.69, 9.17) is 4.74 Å². The van der Waals surface area contributed by atoms with E-state index in [1.165, 1.54) is 23.5 Å². The number of hydrazone groups is 1. The summed E-state index contributed by atoms with van der Waals surface area (Å²) < 4.78 is 18.5. The van der Waals surface area contributed by atoms with Crippen molar-refractivity contribution in [3.8, 4) is 17.0 Å². The summed E-state index contributed by atoms with van der Waals surface area (Å²) in [6.45, 7) is 2.89. The van der Waals surface area contributed by atoms with E-state index in [-0.39, 0.29) is 5.82 Å². The van der Waals surface area contributed by atoms with Gasteiger partial charge in [-0.15, -0.1) is 11.3 Å². The van der Waals surface area contributed by atoms with Gasteiger partial charge in [0.15, 0.2) is 0 Å². The average Bonchev–Trinajstić information content (AvgIpc) is 3.13. The average molecular weight is 369 g/mol. The van der Waals surface area contributed by atoms with Gasteiger partial charge < -0.3 is 4.74 Å². The van der Waals surface area contributed by atoms with E-state index in [0.717, 1.165) is 42.0 Å². The summed E-state index contributed by atoms with van der Waals surface area (Å²) in [6, 6.07) is 14.1. The number of unbranched alkanes of at least 4 members (excludes halogenated alkanes) is 1. The highest BCUT2D eigenvalue weighted by Gasteiger charge is 2.04. The number of benzene rings is 2. The number of rotatable bonds is 8. The molecule has 0 atom stereocenters. The molecule has 0 saturated heterocycles. The predicted octanol–water partition coefficient (Wildman–Crippen LogP) is 5.57. The number of aromatic nitrogens is 1. The molecule has 0 aliphatic rings. The highest BCUT2D eigenvalue weighted by Crippen LogP contribution is 2.26. The zero-order chi connectivity index (χ0) is 18.2. The maximum Gasteiger partial charge on any atom is 0.203 e. The van der Waals surface area contributed by atoms with Crippen LogP contribution in [0.4, 0.5) is 9.52 Å². The fourth-order valence-corrected chi connectivity index (χ4v) is 2.89. The first-order valence-corrected chi connectivity index (χ1v) is 9.36. The highest BCUT2D eigenvalue weighted by molar-refractivity contribution is 7.14. The fraction of sp³-hybridized carbons (Fsp3) is 0.200. The van der Waals surface area contributed by atoms with Gasteiger partial charge in [-0.05, 0) is 48.4 Å². The van der Waals surface area contributed by atoms with Crippen LogP contribution < -0.4 is 10.2 Å². The molecule has 0 amide bonds. The van der Waals surface area contributed by atoms with Gasteiger partial charge in [-0.2, -0.15) is 5.10 Å². The SMILES string of the molecule is CCCCOc1ccc(-c2csc(N/N=C\c3ccc(F)cc3)n2)cc1. The van der Waals surface area contributed by atoms with Crippen molar-refractivity contribution in [2.75, 3.05) is 12.0 Å². The summed E-state index contributed by atoms with van der Waals surface area (Å²) in [6.07, 6.45) is 3.81. The van der Waals surface area contributed by atoms with E-state index in [2.05, 4.69) is 22.4 Å². The van der Waals surface area contributed by atoms with Crippen LogP contribution in [0.5, 0.6) is 5.75 Å². The van der Waals surface area contributed by atoms with Crippen LogP contribution in [-0.2, 0) is 0 Å². The first-order valence-electron chi connectivity index (χ1n) is 8.48. The lowest BCUT2D eigenvalue weighted by molar-refractivity contribution is 0.309. The molecule has 0 radical (unpaired) electrons. The molecule has 0 aliphatic carbocycles. The third-order valence-corrected chi connectivity index (χ3v) is 4.41. The molecule has 1 heterocycles. The van der Waals surface area contributed by atoms with Crippen LogP contribution >= 0.6 is 11.3 Å². The standard InChI is InChI=1S/C20H20FN3OS/c1-2-3-12-25-18-10-6-16(7-11-18)19-14-26-20(23-19)24-22-13-15-4-8-17(21)9-5-15/h4-11,13-14H,2-3,12H2,1H3,(H,23,24)/b22-13-. The fourth-order valence-electron chi connectivity index (χ4n) is 2.22. The Morgan fingerprint density at radius 1 is 1.15 bits per heavy atom. The monoisotopic (exact) mass is 369 g/mol. The Morgan fingerprint density at radius 2 is 1.92 bits per heavy atom. The lowest BCUT2D eigenvalue weighted by Gasteiger charge is -2.05. The number of nitrogens with zero attached hydrogens (tertiary/aromatic N) is 2. The summed E-state index contributed by atoms with van der Waals surface area (Å²) in [4.78, 5) is 4.52. The molecule has 2 aromatic carbocycles. The molecule has 4 nitrogen and oxygen atoms in total. The highest BCUT2D eigenvalue weighted by atomic mass is 32.1. The molecule has 0 spiro atoms. The Balaban J connectivity index is 1.57. The predicted molar refractivity (Wildman–Crippen MR) is 106 cm³/mol. The smallest absolute Gasteiger partial charge is 0.203 e. The number of nitrogens with one attached hydrogen (secondary N) is 1. The van der Waals surface area contributed by atoms with Gasteiger partial charge in [-0.3, -0.25) is 5.43 Å². The molecule has 0 bridgehead atoms. The van der Waals surface area contributed by atoms with Gasteiger partial charge in [0.25, 0.3) is 0 Å². The third kappa shape index (κ3) is 5.13. The summed E-state index contributed by atoms with van der Waals surface area (Å²) in [5.74, 6) is 0.612. The summed E-state index contributed by atoms with van der Waals surface area (Å²) in [7, 11) is 0. The molecular formula is C20H20FN3OS. The molecule has 134 valence electrons. The second kappa shape index (κ2) is 9.10. The number of halogens is 1. The number of anilines is 1. The largest absolute Gasteiger partial charge is 0.494 e. The van der Waals surface area contributed by atoms with Gasteiger partial charge in [-0.1, -0.05) is 25.5 Å². The molecule has 0 saturated carbocycles. The van der Waals surface area contributed by atoms with Crippen molar-refractivity contribution in [3.05, 3.63) is 65.3 Å². The Kier molecular flexibility index (Phi) is 6.33. The number of hydrogen-bond acceptors (Lipinski definition) is 5. The molecule has 3 aromatic rings. The number of hydrogen-bond donors (Lipinski definition) is 1. The third-order valence-electron chi connectivity index (χ3n) is 3.66. The van der Waals surface area contributed by atoms with E-state index in [9.17, 15) is 4.39 Å². The van der Waals surface area contributed by atoms with Crippen LogP contribution in [-0.4, -0.2) is 17.8 Å². The first kappa shape index (κ1) is 18.1. The van der Waals surface area contributed by atoms with Gasteiger partial charge in [0.2, 0.25) is 5.13 Å². The topological polar surface area (TPSA) is 46.5 Å². The number of thiazole rings is 1. The molecule has 3 rings (SSSR count). The Labute approximate surface area is 156 Å². The van der Waals surface area contributed by atoms with E-state index in [1.54, 1.807) is 18.3 Å². The minimum Gasteiger partial charge on any atom is -0.494 e. The zero-order valence-corrected chi connectivity index (χ0v) is 15.3. The van der Waals surface area contributed by atoms with Gasteiger partial charge in [0, 0.05) is 10.9 Å². The minimum atomic E-state index is -0.263. The second-order valence-corrected chi connectivity index (χ2v) is 6.54. The minimum absolute atomic E-state index is 0.263. The van der Waals surface area contributed by atoms with E-state index in [0.29, 0.717) is 5.13 Å². The molecular weight excluding hydrogens is 349 g/mol. The summed E-state index contributed by atoms with van der Waals surface area (Å²) >= 11 is 1.48. The Bertz CT molecular complexity index is 844. The van der Waals surface area contributed by atoms with Crippen molar-refractivity contribution < 1.29 is 9.13 Å². The molecule has 0 aliphatic heterocycles. The normalized spacial score (nSPS) is 11.0. The van der Waals surface area contributed by atoms with Crippen LogP contribution in [0, 0.1) is 5.82 Å². The van der Waals surface area contributed by atoms with Crippen molar-refractivity contribution >= 4 is 22.7 Å². The first-order chi connectivity index (χ1) is 12.7. The van der Waals surface area contributed by atoms with Crippen LogP contribution in [0.3, 0.4) is 0 Å². The van der Waals surface area contributed by atoms with Crippen molar-refractivity contribution in [1.29, 1.82) is 0 Å². The lowest BCUT2D eigenvalue weighted by Crippen LogP contribution is -1.95. The zero-order valence-electron chi connectivity index (χ0n) is 14.5. The molecule has 26 heavy (non-hydrogen) atoms. The molecule has 1 aromatic heterocycles. The van der Waals surface area contributed by atoms with Gasteiger partial charge >= 0.3 is 0 Å². The molecule has 0 unspecified atom stereocenters. The maximum atomic E-state index is 12.9. The molecule has 6 heteroatoms. The van der Waals surface area contributed by atoms with Crippen LogP contribution in [0.2, 0.25) is 0 Å². The van der Waals surface area contributed by atoms with Gasteiger partial charge in [-0.25, -0.2) is 9.37 Å². The van der Waals surface area contributed by atoms with Crippen molar-refractivity contribution in [3.63, 3.8) is 0 Å². The van der Waals surface area contributed by atoms with Crippen LogP contribution in [0.25, 0.3) is 11.3 Å². The van der Waals surface area contributed by atoms with E-state index < -0.39 is 0 Å². The Hall–Kier alpha value is -2.73. The van der Waals surface area contributed by atoms with E-state index in [1.807, 2.05) is 29.6 Å². The van der Waals surface area contributed by atoms with Crippen molar-refractivity contribution in [2.45, 2.75) is 19.8 Å². The Morgan fingerprint density at radius 3 is 2.65 bits per heavy atom. The van der Waals surface area contributed by atoms with Crippen LogP contribution in [0.1, 0.15) is 25.3 Å². The summed E-state index contributed by atoms with van der Waals surface area (Å²) in [5.41, 5.74) is 5.63. The lowest BCUT2D eigenvalue weighted by atomic mass is 10.2. The van der Waals surface area contributed by atoms with Crippen molar-refractivity contribution in [2.24, 2.45) is 5.10 Å². The van der Waals surface area contributed by atoms with E-state index >= 15 is 0 Å². The van der Waals surface area contributed by atoms with Gasteiger partial charge in [0.1, 0.15) is 11.6 Å². The van der Waals surface area contributed by atoms with Gasteiger partial charge in [0.05, 0.1) is 18.5 Å². The molecule has 0 fully saturated rings. The molecule has 1 N–H and O–H groups in total. The maximum absolute atomic E-state index is 12.9. The quantitative estimate of drug-likeness (QED) is 0.320.